The van der Waals surface area contributed by atoms with Crippen LogP contribution in [0.4, 0.5) is 0 Å². The van der Waals surface area contributed by atoms with Gasteiger partial charge in [0.25, 0.3) is 0 Å². The molecule has 3 heteroatoms. The molecule has 0 N–H and O–H groups in total. The predicted octanol–water partition coefficient (Wildman–Crippen LogP) is 4.97. The molecule has 24 heavy (non-hydrogen) atoms. The van der Waals surface area contributed by atoms with Crippen molar-refractivity contribution in [3.8, 4) is 28.3 Å². The zero-order valence-corrected chi connectivity index (χ0v) is 13.3. The van der Waals surface area contributed by atoms with Crippen molar-refractivity contribution in [2.24, 2.45) is 0 Å². The van der Waals surface area contributed by atoms with Gasteiger partial charge in [-0.1, -0.05) is 30.3 Å². The summed E-state index contributed by atoms with van der Waals surface area (Å²) in [6, 6.07) is 24.4. The lowest BCUT2D eigenvalue weighted by Crippen LogP contribution is -1.88. The highest BCUT2D eigenvalue weighted by atomic mass is 16.5. The van der Waals surface area contributed by atoms with Gasteiger partial charge in [0.15, 0.2) is 0 Å². The fourth-order valence-corrected chi connectivity index (χ4v) is 2.75. The molecule has 0 saturated heterocycles. The topological polar surface area (TPSA) is 35.0 Å². The van der Waals surface area contributed by atoms with Crippen molar-refractivity contribution in [1.29, 1.82) is 0 Å². The van der Waals surface area contributed by atoms with Crippen molar-refractivity contribution < 1.29 is 4.74 Å². The maximum Gasteiger partial charge on any atom is 0.118 e. The fraction of sp³-hybridized carbons (Fsp3) is 0.0476. The van der Waals surface area contributed by atoms with Crippen molar-refractivity contribution in [1.82, 2.24) is 9.97 Å². The number of nitrogens with zero attached hydrogens (tertiary/aromatic N) is 2. The number of hydrogen-bond donors (Lipinski definition) is 0. The lowest BCUT2D eigenvalue weighted by Gasteiger charge is -2.07. The summed E-state index contributed by atoms with van der Waals surface area (Å²) < 4.78 is 5.21. The van der Waals surface area contributed by atoms with Crippen molar-refractivity contribution in [3.63, 3.8) is 0 Å². The molecule has 0 aliphatic carbocycles. The quantitative estimate of drug-likeness (QED) is 0.535. The molecular weight excluding hydrogens is 296 g/mol. The van der Waals surface area contributed by atoms with Crippen LogP contribution in [0.25, 0.3) is 33.4 Å². The highest BCUT2D eigenvalue weighted by Crippen LogP contribution is 2.27. The van der Waals surface area contributed by atoms with Gasteiger partial charge in [0.05, 0.1) is 24.0 Å². The van der Waals surface area contributed by atoms with Crippen LogP contribution in [-0.2, 0) is 0 Å². The van der Waals surface area contributed by atoms with Gasteiger partial charge in [-0.3, -0.25) is 4.98 Å². The van der Waals surface area contributed by atoms with Crippen LogP contribution in [0.1, 0.15) is 0 Å². The average Bonchev–Trinajstić information content (AvgIpc) is 2.68. The summed E-state index contributed by atoms with van der Waals surface area (Å²) in [7, 11) is 1.68. The summed E-state index contributed by atoms with van der Waals surface area (Å²) in [5.41, 5.74) is 5.07. The van der Waals surface area contributed by atoms with Gasteiger partial charge < -0.3 is 4.74 Å². The Bertz CT molecular complexity index is 980. The number of pyridine rings is 2. The van der Waals surface area contributed by atoms with E-state index in [4.69, 9.17) is 9.72 Å². The highest BCUT2D eigenvalue weighted by Gasteiger charge is 2.04. The van der Waals surface area contributed by atoms with E-state index in [1.807, 2.05) is 36.4 Å². The Morgan fingerprint density at radius 2 is 1.58 bits per heavy atom. The number of fused-ring (bicyclic) bond motifs is 1. The Balaban J connectivity index is 1.73. The third-order valence-electron chi connectivity index (χ3n) is 4.04. The van der Waals surface area contributed by atoms with Gasteiger partial charge in [0.2, 0.25) is 0 Å². The molecule has 0 unspecified atom stereocenters. The lowest BCUT2D eigenvalue weighted by molar-refractivity contribution is 0.415. The fourth-order valence-electron chi connectivity index (χ4n) is 2.75. The van der Waals surface area contributed by atoms with Gasteiger partial charge in [0, 0.05) is 11.6 Å². The maximum absolute atomic E-state index is 5.21. The van der Waals surface area contributed by atoms with Crippen LogP contribution in [0.5, 0.6) is 5.75 Å². The Morgan fingerprint density at radius 1 is 0.750 bits per heavy atom. The molecule has 0 fully saturated rings. The smallest absolute Gasteiger partial charge is 0.118 e. The first-order valence-electron chi connectivity index (χ1n) is 7.80. The number of aromatic nitrogens is 2. The summed E-state index contributed by atoms with van der Waals surface area (Å²) in [5, 5.41) is 1.11. The van der Waals surface area contributed by atoms with Crippen molar-refractivity contribution in [3.05, 3.63) is 79.0 Å². The SMILES string of the molecule is COc1ccc(-c2ccc3nc(-c4ccccn4)ccc3c2)cc1. The van der Waals surface area contributed by atoms with Gasteiger partial charge in [-0.25, -0.2) is 4.98 Å². The molecule has 0 amide bonds. The normalized spacial score (nSPS) is 10.7. The summed E-state index contributed by atoms with van der Waals surface area (Å²) in [6.07, 6.45) is 1.79. The molecule has 2 heterocycles. The summed E-state index contributed by atoms with van der Waals surface area (Å²) in [4.78, 5) is 9.09. The van der Waals surface area contributed by atoms with E-state index in [-0.39, 0.29) is 0 Å². The van der Waals surface area contributed by atoms with E-state index in [0.717, 1.165) is 39.2 Å². The summed E-state index contributed by atoms with van der Waals surface area (Å²) in [5.74, 6) is 0.862. The third-order valence-corrected chi connectivity index (χ3v) is 4.04. The van der Waals surface area contributed by atoms with Crippen LogP contribution >= 0.6 is 0 Å². The Hall–Kier alpha value is -3.20. The minimum absolute atomic E-state index is 0.862. The standard InChI is InChI=1S/C21H16N2O/c1-24-18-9-5-15(6-10-18)16-7-11-19-17(14-16)8-12-21(23-19)20-4-2-3-13-22-20/h2-14H,1H3. The zero-order valence-electron chi connectivity index (χ0n) is 13.3. The maximum atomic E-state index is 5.21. The summed E-state index contributed by atoms with van der Waals surface area (Å²) in [6.45, 7) is 0. The molecule has 0 aliphatic rings. The lowest BCUT2D eigenvalue weighted by atomic mass is 10.0. The van der Waals surface area contributed by atoms with E-state index in [2.05, 4.69) is 41.4 Å². The first kappa shape index (κ1) is 14.4. The van der Waals surface area contributed by atoms with Gasteiger partial charge >= 0.3 is 0 Å². The zero-order chi connectivity index (χ0) is 16.4. The van der Waals surface area contributed by atoms with Crippen LogP contribution in [0.2, 0.25) is 0 Å². The van der Waals surface area contributed by atoms with Crippen molar-refractivity contribution in [2.45, 2.75) is 0 Å². The molecule has 0 saturated carbocycles. The number of rotatable bonds is 3. The van der Waals surface area contributed by atoms with E-state index in [1.54, 1.807) is 13.3 Å². The number of hydrogen-bond acceptors (Lipinski definition) is 3. The second kappa shape index (κ2) is 6.13. The predicted molar refractivity (Wildman–Crippen MR) is 97.0 cm³/mol. The Morgan fingerprint density at radius 3 is 2.33 bits per heavy atom. The Labute approximate surface area is 140 Å². The Kier molecular flexibility index (Phi) is 3.67. The molecule has 4 rings (SSSR count). The van der Waals surface area contributed by atoms with E-state index in [9.17, 15) is 0 Å². The second-order valence-electron chi connectivity index (χ2n) is 5.55. The molecule has 0 aliphatic heterocycles. The summed E-state index contributed by atoms with van der Waals surface area (Å²) >= 11 is 0. The van der Waals surface area contributed by atoms with Crippen molar-refractivity contribution >= 4 is 10.9 Å². The van der Waals surface area contributed by atoms with Crippen LogP contribution in [0.15, 0.2) is 79.0 Å². The van der Waals surface area contributed by atoms with Crippen LogP contribution in [-0.4, -0.2) is 17.1 Å². The van der Waals surface area contributed by atoms with Crippen LogP contribution < -0.4 is 4.74 Å². The number of benzene rings is 2. The first-order valence-corrected chi connectivity index (χ1v) is 7.80. The van der Waals surface area contributed by atoms with Gasteiger partial charge in [-0.15, -0.1) is 0 Å². The first-order chi connectivity index (χ1) is 11.8. The van der Waals surface area contributed by atoms with Crippen LogP contribution in [0.3, 0.4) is 0 Å². The van der Waals surface area contributed by atoms with E-state index in [1.165, 1.54) is 0 Å². The van der Waals surface area contributed by atoms with E-state index in [0.29, 0.717) is 0 Å². The second-order valence-corrected chi connectivity index (χ2v) is 5.55. The largest absolute Gasteiger partial charge is 0.497 e. The molecule has 116 valence electrons. The molecule has 0 spiro atoms. The van der Waals surface area contributed by atoms with Gasteiger partial charge in [-0.2, -0.15) is 0 Å². The molecule has 0 bridgehead atoms. The number of ether oxygens (including phenoxy) is 1. The highest BCUT2D eigenvalue weighted by molar-refractivity contribution is 5.86. The van der Waals surface area contributed by atoms with Crippen molar-refractivity contribution in [2.75, 3.05) is 7.11 Å². The van der Waals surface area contributed by atoms with Crippen LogP contribution in [0, 0.1) is 0 Å². The number of methoxy groups -OCH3 is 1. The minimum atomic E-state index is 0.862. The molecular formula is C21H16N2O. The van der Waals surface area contributed by atoms with Gasteiger partial charge in [-0.05, 0) is 53.6 Å². The molecule has 2 aromatic carbocycles. The molecule has 3 nitrogen and oxygen atoms in total. The third kappa shape index (κ3) is 2.72. The van der Waals surface area contributed by atoms with E-state index >= 15 is 0 Å². The van der Waals surface area contributed by atoms with E-state index < -0.39 is 0 Å². The molecule has 0 radical (unpaired) electrons. The molecule has 2 aromatic heterocycles. The minimum Gasteiger partial charge on any atom is -0.497 e. The monoisotopic (exact) mass is 312 g/mol. The average molecular weight is 312 g/mol. The molecule has 0 atom stereocenters. The van der Waals surface area contributed by atoms with Gasteiger partial charge in [0.1, 0.15) is 5.75 Å². The molecule has 4 aromatic rings.